The van der Waals surface area contributed by atoms with E-state index in [4.69, 9.17) is 37.2 Å². The average Bonchev–Trinajstić information content (AvgIpc) is 2.57. The lowest BCUT2D eigenvalue weighted by Crippen LogP contribution is -2.41. The molecule has 0 aromatic heterocycles. The van der Waals surface area contributed by atoms with Crippen molar-refractivity contribution in [2.45, 2.75) is 38.9 Å². The molecule has 0 amide bonds. The quantitative estimate of drug-likeness (QED) is 0.331. The molecule has 0 N–H and O–H groups in total. The van der Waals surface area contributed by atoms with Crippen LogP contribution >= 0.6 is 23.2 Å². The smallest absolute Gasteiger partial charge is 0.494 e. The molecule has 0 bridgehead atoms. The van der Waals surface area contributed by atoms with Crippen LogP contribution < -0.4 is 0 Å². The van der Waals surface area contributed by atoms with Gasteiger partial charge in [0.25, 0.3) is 0 Å². The molecule has 0 radical (unpaired) electrons. The number of halogens is 2. The van der Waals surface area contributed by atoms with Gasteiger partial charge in [0.15, 0.2) is 0 Å². The summed E-state index contributed by atoms with van der Waals surface area (Å²) in [5, 5.41) is 0.487. The van der Waals surface area contributed by atoms with Crippen LogP contribution in [0.2, 0.25) is 0 Å². The van der Waals surface area contributed by atoms with Crippen molar-refractivity contribution >= 4 is 30.3 Å². The summed E-state index contributed by atoms with van der Waals surface area (Å²) in [4.78, 5) is 0. The molecule has 1 heterocycles. The van der Waals surface area contributed by atoms with Gasteiger partial charge in [0, 0.05) is 5.03 Å². The summed E-state index contributed by atoms with van der Waals surface area (Å²) in [6, 6.07) is 0. The number of alkyl halides is 1. The molecular formula is C14H21BCl2O3. The number of methoxy groups -OCH3 is 1. The van der Waals surface area contributed by atoms with Gasteiger partial charge in [-0.25, -0.2) is 0 Å². The lowest BCUT2D eigenvalue weighted by atomic mass is 9.79. The van der Waals surface area contributed by atoms with E-state index in [0.717, 1.165) is 0 Å². The summed E-state index contributed by atoms with van der Waals surface area (Å²) in [5.74, 6) is 0.779. The molecule has 1 saturated heterocycles. The van der Waals surface area contributed by atoms with Crippen molar-refractivity contribution in [3.05, 3.63) is 35.0 Å². The number of ether oxygens (including phenoxy) is 1. The van der Waals surface area contributed by atoms with Gasteiger partial charge in [-0.2, -0.15) is 0 Å². The van der Waals surface area contributed by atoms with E-state index in [9.17, 15) is 0 Å². The zero-order valence-electron chi connectivity index (χ0n) is 12.6. The SMILES string of the molecule is C=C(/C=C(\C=C(\Cl)CCl)OC)B1OC(C)(C)C(C)(C)O1. The maximum Gasteiger partial charge on any atom is 0.494 e. The Kier molecular flexibility index (Phi) is 5.79. The van der Waals surface area contributed by atoms with Crippen LogP contribution in [0.1, 0.15) is 27.7 Å². The van der Waals surface area contributed by atoms with E-state index >= 15 is 0 Å². The van der Waals surface area contributed by atoms with Crippen molar-refractivity contribution < 1.29 is 14.0 Å². The Morgan fingerprint density at radius 3 is 2.10 bits per heavy atom. The molecule has 1 aliphatic rings. The van der Waals surface area contributed by atoms with Crippen LogP contribution in [0, 0.1) is 0 Å². The van der Waals surface area contributed by atoms with Gasteiger partial charge >= 0.3 is 7.12 Å². The van der Waals surface area contributed by atoms with Crippen molar-refractivity contribution in [2.75, 3.05) is 13.0 Å². The van der Waals surface area contributed by atoms with Gasteiger partial charge in [-0.05, 0) is 45.3 Å². The lowest BCUT2D eigenvalue weighted by molar-refractivity contribution is 0.00578. The van der Waals surface area contributed by atoms with Crippen molar-refractivity contribution in [3.63, 3.8) is 0 Å². The fourth-order valence-corrected chi connectivity index (χ4v) is 1.78. The summed E-state index contributed by atoms with van der Waals surface area (Å²) >= 11 is 11.5. The molecule has 0 aromatic carbocycles. The number of hydrogen-bond acceptors (Lipinski definition) is 3. The zero-order chi connectivity index (χ0) is 15.6. The van der Waals surface area contributed by atoms with E-state index in [2.05, 4.69) is 6.58 Å². The maximum absolute atomic E-state index is 5.90. The fraction of sp³-hybridized carbons (Fsp3) is 0.571. The minimum atomic E-state index is -0.506. The molecule has 1 rings (SSSR count). The van der Waals surface area contributed by atoms with Crippen molar-refractivity contribution in [2.24, 2.45) is 0 Å². The van der Waals surface area contributed by atoms with Crippen molar-refractivity contribution in [1.82, 2.24) is 0 Å². The van der Waals surface area contributed by atoms with Crippen LogP contribution in [0.3, 0.4) is 0 Å². The molecule has 0 aliphatic carbocycles. The molecule has 6 heteroatoms. The number of rotatable bonds is 5. The van der Waals surface area contributed by atoms with Crippen LogP contribution in [0.5, 0.6) is 0 Å². The van der Waals surface area contributed by atoms with E-state index in [0.29, 0.717) is 16.3 Å². The summed E-state index contributed by atoms with van der Waals surface area (Å²) in [7, 11) is 1.05. The fourth-order valence-electron chi connectivity index (χ4n) is 1.60. The molecule has 3 nitrogen and oxygen atoms in total. The van der Waals surface area contributed by atoms with E-state index in [1.54, 1.807) is 19.3 Å². The van der Waals surface area contributed by atoms with Crippen LogP contribution in [-0.2, 0) is 14.0 Å². The molecule has 112 valence electrons. The van der Waals surface area contributed by atoms with Gasteiger partial charge in [-0.3, -0.25) is 0 Å². The Hall–Kier alpha value is -0.415. The molecular weight excluding hydrogens is 298 g/mol. The van der Waals surface area contributed by atoms with E-state index in [-0.39, 0.29) is 5.88 Å². The topological polar surface area (TPSA) is 27.7 Å². The van der Waals surface area contributed by atoms with Crippen molar-refractivity contribution in [1.29, 1.82) is 0 Å². The predicted molar refractivity (Wildman–Crippen MR) is 85.0 cm³/mol. The van der Waals surface area contributed by atoms with E-state index in [1.165, 1.54) is 0 Å². The predicted octanol–water partition coefficient (Wildman–Crippen LogP) is 4.07. The van der Waals surface area contributed by atoms with Crippen LogP contribution in [0.15, 0.2) is 35.0 Å². The van der Waals surface area contributed by atoms with Gasteiger partial charge in [0.2, 0.25) is 0 Å². The summed E-state index contributed by atoms with van der Waals surface area (Å²) in [6.45, 7) is 11.9. The first-order valence-corrected chi connectivity index (χ1v) is 7.26. The van der Waals surface area contributed by atoms with Gasteiger partial charge in [0.05, 0.1) is 24.2 Å². The minimum Gasteiger partial charge on any atom is -0.497 e. The molecule has 20 heavy (non-hydrogen) atoms. The first-order valence-electron chi connectivity index (χ1n) is 6.35. The number of allylic oxidation sites excluding steroid dienone is 4. The highest BCUT2D eigenvalue weighted by atomic mass is 35.5. The normalized spacial score (nSPS) is 22.1. The first kappa shape index (κ1) is 17.6. The zero-order valence-corrected chi connectivity index (χ0v) is 14.1. The Balaban J connectivity index is 2.87. The third-order valence-corrected chi connectivity index (χ3v) is 4.21. The van der Waals surface area contributed by atoms with Gasteiger partial charge in [0.1, 0.15) is 5.76 Å². The first-order chi connectivity index (χ1) is 9.13. The highest BCUT2D eigenvalue weighted by molar-refractivity contribution is 6.55. The highest BCUT2D eigenvalue weighted by Gasteiger charge is 2.51. The molecule has 1 fully saturated rings. The second-order valence-electron chi connectivity index (χ2n) is 5.64. The summed E-state index contributed by atoms with van der Waals surface area (Å²) in [6.07, 6.45) is 3.38. The maximum atomic E-state index is 5.90. The molecule has 0 unspecified atom stereocenters. The van der Waals surface area contributed by atoms with E-state index < -0.39 is 18.3 Å². The number of hydrogen-bond donors (Lipinski definition) is 0. The molecule has 0 saturated carbocycles. The second-order valence-corrected chi connectivity index (χ2v) is 6.39. The Morgan fingerprint density at radius 2 is 1.70 bits per heavy atom. The van der Waals surface area contributed by atoms with Crippen LogP contribution in [0.4, 0.5) is 0 Å². The summed E-state index contributed by atoms with van der Waals surface area (Å²) < 4.78 is 17.0. The Bertz CT molecular complexity index is 426. The largest absolute Gasteiger partial charge is 0.497 e. The van der Waals surface area contributed by atoms with Gasteiger partial charge < -0.3 is 14.0 Å². The molecule has 0 aromatic rings. The standard InChI is InChI=1S/C14H21BCl2O3/c1-10(7-12(18-6)8-11(17)9-16)15-19-13(2,3)14(4,5)20-15/h7-8H,1,9H2,2-6H3/b11-8+,12-7+. The molecule has 1 aliphatic heterocycles. The van der Waals surface area contributed by atoms with Gasteiger partial charge in [-0.15, -0.1) is 11.6 Å². The minimum absolute atomic E-state index is 0.227. The van der Waals surface area contributed by atoms with E-state index in [1.807, 2.05) is 27.7 Å². The lowest BCUT2D eigenvalue weighted by Gasteiger charge is -2.32. The van der Waals surface area contributed by atoms with Crippen LogP contribution in [0.25, 0.3) is 0 Å². The Morgan fingerprint density at radius 1 is 1.20 bits per heavy atom. The van der Waals surface area contributed by atoms with Crippen molar-refractivity contribution in [3.8, 4) is 0 Å². The third kappa shape index (κ3) is 4.04. The monoisotopic (exact) mass is 318 g/mol. The molecule has 0 atom stereocenters. The molecule has 0 spiro atoms. The summed E-state index contributed by atoms with van der Waals surface area (Å²) in [5.41, 5.74) is -0.132. The Labute approximate surface area is 131 Å². The highest BCUT2D eigenvalue weighted by Crippen LogP contribution is 2.38. The average molecular weight is 319 g/mol. The van der Waals surface area contributed by atoms with Gasteiger partial charge in [-0.1, -0.05) is 18.2 Å². The third-order valence-electron chi connectivity index (χ3n) is 3.55. The second kappa shape index (κ2) is 6.57. The van der Waals surface area contributed by atoms with Crippen LogP contribution in [-0.4, -0.2) is 31.3 Å².